The molecule has 0 aliphatic carbocycles. The fourth-order valence-corrected chi connectivity index (χ4v) is 3.45. The van der Waals surface area contributed by atoms with Crippen LogP contribution in [0.5, 0.6) is 0 Å². The number of nitrogens with one attached hydrogen (secondary N) is 1. The molecule has 27 heavy (non-hydrogen) atoms. The van der Waals surface area contributed by atoms with E-state index in [9.17, 15) is 10.1 Å². The summed E-state index contributed by atoms with van der Waals surface area (Å²) in [6.45, 7) is 2.05. The molecule has 0 spiro atoms. The highest BCUT2D eigenvalue weighted by Crippen LogP contribution is 2.23. The van der Waals surface area contributed by atoms with E-state index >= 15 is 0 Å². The van der Waals surface area contributed by atoms with Gasteiger partial charge in [0.2, 0.25) is 0 Å². The van der Waals surface area contributed by atoms with Crippen molar-refractivity contribution in [3.63, 3.8) is 0 Å². The first-order valence-corrected chi connectivity index (χ1v) is 9.42. The molecule has 0 fully saturated rings. The van der Waals surface area contributed by atoms with Crippen LogP contribution in [0.25, 0.3) is 6.08 Å². The quantitative estimate of drug-likeness (QED) is 0.476. The van der Waals surface area contributed by atoms with E-state index < -0.39 is 5.91 Å². The molecule has 1 N–H and O–H groups in total. The number of nitriles is 1. The van der Waals surface area contributed by atoms with E-state index in [0.29, 0.717) is 15.7 Å². The van der Waals surface area contributed by atoms with Gasteiger partial charge in [-0.3, -0.25) is 10.1 Å². The van der Waals surface area contributed by atoms with Gasteiger partial charge in [-0.15, -0.1) is 11.3 Å². The third-order valence-corrected chi connectivity index (χ3v) is 5.10. The number of hydrogen-bond acceptors (Lipinski definition) is 4. The number of anilines is 1. The zero-order chi connectivity index (χ0) is 19.2. The van der Waals surface area contributed by atoms with Crippen molar-refractivity contribution < 1.29 is 4.79 Å². The average molecular weight is 394 g/mol. The lowest BCUT2D eigenvalue weighted by molar-refractivity contribution is -0.112. The normalized spacial score (nSPS) is 11.1. The van der Waals surface area contributed by atoms with E-state index in [1.165, 1.54) is 28.5 Å². The van der Waals surface area contributed by atoms with Crippen LogP contribution in [0.2, 0.25) is 5.02 Å². The van der Waals surface area contributed by atoms with Gasteiger partial charge in [-0.1, -0.05) is 59.6 Å². The van der Waals surface area contributed by atoms with Gasteiger partial charge in [0, 0.05) is 22.5 Å². The number of hydrogen-bond donors (Lipinski definition) is 1. The topological polar surface area (TPSA) is 65.8 Å². The lowest BCUT2D eigenvalue weighted by atomic mass is 10.1. The monoisotopic (exact) mass is 393 g/mol. The Morgan fingerprint density at radius 1 is 1.26 bits per heavy atom. The van der Waals surface area contributed by atoms with Crippen molar-refractivity contribution >= 4 is 40.1 Å². The summed E-state index contributed by atoms with van der Waals surface area (Å²) >= 11 is 7.48. The van der Waals surface area contributed by atoms with Crippen molar-refractivity contribution in [1.82, 2.24) is 4.98 Å². The Morgan fingerprint density at radius 3 is 2.70 bits per heavy atom. The second kappa shape index (κ2) is 8.63. The minimum atomic E-state index is -0.506. The summed E-state index contributed by atoms with van der Waals surface area (Å²) in [7, 11) is 0. The van der Waals surface area contributed by atoms with E-state index in [0.717, 1.165) is 11.3 Å². The number of carbonyl (C=O) groups excluding carboxylic acids is 1. The Labute approximate surface area is 166 Å². The molecule has 0 radical (unpaired) electrons. The first-order chi connectivity index (χ1) is 13.0. The minimum absolute atomic E-state index is 0.0293. The summed E-state index contributed by atoms with van der Waals surface area (Å²) in [5.41, 5.74) is 2.98. The van der Waals surface area contributed by atoms with Crippen molar-refractivity contribution in [1.29, 1.82) is 5.26 Å². The molecule has 6 heteroatoms. The van der Waals surface area contributed by atoms with Crippen molar-refractivity contribution in [2.24, 2.45) is 0 Å². The molecule has 1 heterocycles. The van der Waals surface area contributed by atoms with Crippen LogP contribution >= 0.6 is 22.9 Å². The molecule has 3 aromatic rings. The Hall–Kier alpha value is -2.94. The van der Waals surface area contributed by atoms with Crippen LogP contribution in [-0.2, 0) is 11.2 Å². The Balaban J connectivity index is 1.70. The van der Waals surface area contributed by atoms with Crippen LogP contribution < -0.4 is 5.32 Å². The molecule has 0 bridgehead atoms. The van der Waals surface area contributed by atoms with Gasteiger partial charge in [0.25, 0.3) is 5.91 Å². The molecular weight excluding hydrogens is 378 g/mol. The lowest BCUT2D eigenvalue weighted by Crippen LogP contribution is -2.13. The summed E-state index contributed by atoms with van der Waals surface area (Å²) in [6.07, 6.45) is 3.96. The number of carbonyl (C=O) groups is 1. The lowest BCUT2D eigenvalue weighted by Gasteiger charge is -2.02. The maximum Gasteiger partial charge on any atom is 0.268 e. The van der Waals surface area contributed by atoms with E-state index in [-0.39, 0.29) is 5.57 Å². The van der Waals surface area contributed by atoms with Gasteiger partial charge in [0.05, 0.1) is 0 Å². The first kappa shape index (κ1) is 18.8. The average Bonchev–Trinajstić information content (AvgIpc) is 3.09. The smallest absolute Gasteiger partial charge is 0.268 e. The number of rotatable bonds is 5. The number of halogens is 1. The number of amides is 1. The molecule has 2 aromatic carbocycles. The summed E-state index contributed by atoms with van der Waals surface area (Å²) < 4.78 is 0. The van der Waals surface area contributed by atoms with Crippen molar-refractivity contribution in [3.8, 4) is 6.07 Å². The zero-order valence-corrected chi connectivity index (χ0v) is 16.1. The first-order valence-electron chi connectivity index (χ1n) is 8.23. The molecular formula is C21H16ClN3OS. The van der Waals surface area contributed by atoms with Gasteiger partial charge < -0.3 is 0 Å². The predicted molar refractivity (Wildman–Crippen MR) is 110 cm³/mol. The zero-order valence-electron chi connectivity index (χ0n) is 14.6. The molecule has 0 unspecified atom stereocenters. The van der Waals surface area contributed by atoms with E-state index in [1.54, 1.807) is 30.5 Å². The van der Waals surface area contributed by atoms with Crippen LogP contribution in [0, 0.1) is 18.3 Å². The van der Waals surface area contributed by atoms with Crippen LogP contribution in [0.1, 0.15) is 21.6 Å². The predicted octanol–water partition coefficient (Wildman–Crippen LogP) is 5.24. The number of aryl methyl sites for hydroxylation is 1. The Kier molecular flexibility index (Phi) is 6.02. The van der Waals surface area contributed by atoms with Crippen molar-refractivity contribution in [2.75, 3.05) is 5.32 Å². The summed E-state index contributed by atoms with van der Waals surface area (Å²) in [6, 6.07) is 17.2. The van der Waals surface area contributed by atoms with Gasteiger partial charge in [0.1, 0.15) is 11.6 Å². The molecule has 134 valence electrons. The number of aromatic nitrogens is 1. The van der Waals surface area contributed by atoms with Gasteiger partial charge >= 0.3 is 0 Å². The molecule has 3 rings (SSSR count). The van der Waals surface area contributed by atoms with Gasteiger partial charge in [-0.2, -0.15) is 5.26 Å². The Bertz CT molecular complexity index is 1030. The van der Waals surface area contributed by atoms with Crippen molar-refractivity contribution in [2.45, 2.75) is 13.3 Å². The SMILES string of the molecule is Cc1ccc(Cc2cnc(NC(=O)/C(C#N)=C/c3ccccc3Cl)s2)cc1. The maximum absolute atomic E-state index is 12.4. The van der Waals surface area contributed by atoms with Crippen LogP contribution in [0.15, 0.2) is 60.3 Å². The highest BCUT2D eigenvalue weighted by atomic mass is 35.5. The third kappa shape index (κ3) is 5.04. The Morgan fingerprint density at radius 2 is 2.00 bits per heavy atom. The number of thiazole rings is 1. The highest BCUT2D eigenvalue weighted by molar-refractivity contribution is 7.15. The second-order valence-electron chi connectivity index (χ2n) is 5.94. The van der Waals surface area contributed by atoms with Gasteiger partial charge in [-0.25, -0.2) is 4.98 Å². The minimum Gasteiger partial charge on any atom is -0.297 e. The standard InChI is InChI=1S/C21H16ClN3OS/c1-14-6-8-15(9-7-14)10-18-13-24-21(27-18)25-20(26)17(12-23)11-16-4-2-3-5-19(16)22/h2-9,11,13H,10H2,1H3,(H,24,25,26)/b17-11+. The molecule has 0 atom stereocenters. The summed E-state index contributed by atoms with van der Waals surface area (Å²) in [4.78, 5) is 17.7. The fraction of sp³-hybridized carbons (Fsp3) is 0.0952. The largest absolute Gasteiger partial charge is 0.297 e. The van der Waals surface area contributed by atoms with Crippen LogP contribution in [0.4, 0.5) is 5.13 Å². The summed E-state index contributed by atoms with van der Waals surface area (Å²) in [5, 5.41) is 12.9. The number of nitrogens with zero attached hydrogens (tertiary/aromatic N) is 2. The molecule has 4 nitrogen and oxygen atoms in total. The van der Waals surface area contributed by atoms with Crippen LogP contribution in [-0.4, -0.2) is 10.9 Å². The number of benzene rings is 2. The molecule has 1 amide bonds. The van der Waals surface area contributed by atoms with Crippen molar-refractivity contribution in [3.05, 3.63) is 86.9 Å². The van der Waals surface area contributed by atoms with Gasteiger partial charge in [0.15, 0.2) is 5.13 Å². The third-order valence-electron chi connectivity index (χ3n) is 3.84. The van der Waals surface area contributed by atoms with Crippen LogP contribution in [0.3, 0.4) is 0 Å². The second-order valence-corrected chi connectivity index (χ2v) is 7.46. The van der Waals surface area contributed by atoms with E-state index in [2.05, 4.69) is 34.6 Å². The molecule has 0 aliphatic rings. The maximum atomic E-state index is 12.4. The van der Waals surface area contributed by atoms with Gasteiger partial charge in [-0.05, 0) is 30.2 Å². The molecule has 0 saturated heterocycles. The van der Waals surface area contributed by atoms with E-state index in [1.807, 2.05) is 13.0 Å². The molecule has 0 aliphatic heterocycles. The van der Waals surface area contributed by atoms with E-state index in [4.69, 9.17) is 11.6 Å². The molecule has 1 aromatic heterocycles. The summed E-state index contributed by atoms with van der Waals surface area (Å²) in [5.74, 6) is -0.506. The highest BCUT2D eigenvalue weighted by Gasteiger charge is 2.13. The molecule has 0 saturated carbocycles. The fourth-order valence-electron chi connectivity index (χ4n) is 2.41.